The van der Waals surface area contributed by atoms with E-state index in [4.69, 9.17) is 9.72 Å². The summed E-state index contributed by atoms with van der Waals surface area (Å²) in [6.07, 6.45) is 6.83. The molecule has 0 aliphatic heterocycles. The molecule has 0 spiro atoms. The Morgan fingerprint density at radius 3 is 2.44 bits per heavy atom. The SMILES string of the molecule is CCOc1ccc(Nc2nc(-c3ccc(C4CCCCC4)cc3)cs2)cc1. The summed E-state index contributed by atoms with van der Waals surface area (Å²) in [5, 5.41) is 6.40. The minimum atomic E-state index is 0.683. The molecule has 0 amide bonds. The molecule has 4 rings (SSSR count). The Morgan fingerprint density at radius 2 is 1.74 bits per heavy atom. The summed E-state index contributed by atoms with van der Waals surface area (Å²) in [7, 11) is 0. The van der Waals surface area contributed by atoms with Gasteiger partial charge in [-0.15, -0.1) is 11.3 Å². The van der Waals surface area contributed by atoms with Crippen molar-refractivity contribution in [2.24, 2.45) is 0 Å². The molecule has 1 N–H and O–H groups in total. The van der Waals surface area contributed by atoms with Gasteiger partial charge in [0.05, 0.1) is 12.3 Å². The lowest BCUT2D eigenvalue weighted by Gasteiger charge is -2.22. The Morgan fingerprint density at radius 1 is 1.00 bits per heavy atom. The van der Waals surface area contributed by atoms with Crippen LogP contribution in [0.5, 0.6) is 5.75 Å². The topological polar surface area (TPSA) is 34.1 Å². The third-order valence-electron chi connectivity index (χ3n) is 5.20. The van der Waals surface area contributed by atoms with E-state index in [2.05, 4.69) is 35.0 Å². The maximum Gasteiger partial charge on any atom is 0.187 e. The molecule has 27 heavy (non-hydrogen) atoms. The van der Waals surface area contributed by atoms with E-state index < -0.39 is 0 Å². The number of rotatable bonds is 6. The molecule has 140 valence electrons. The smallest absolute Gasteiger partial charge is 0.187 e. The maximum atomic E-state index is 5.49. The zero-order chi connectivity index (χ0) is 18.5. The first kappa shape index (κ1) is 18.1. The minimum absolute atomic E-state index is 0.683. The number of nitrogens with zero attached hydrogens (tertiary/aromatic N) is 1. The Bertz CT molecular complexity index is 849. The molecule has 0 unspecified atom stereocenters. The first-order valence-electron chi connectivity index (χ1n) is 9.87. The number of thiazole rings is 1. The van der Waals surface area contributed by atoms with Gasteiger partial charge in [0.15, 0.2) is 5.13 Å². The third kappa shape index (κ3) is 4.51. The summed E-state index contributed by atoms with van der Waals surface area (Å²) in [4.78, 5) is 4.75. The van der Waals surface area contributed by atoms with E-state index in [9.17, 15) is 0 Å². The van der Waals surface area contributed by atoms with Crippen LogP contribution < -0.4 is 10.1 Å². The largest absolute Gasteiger partial charge is 0.494 e. The van der Waals surface area contributed by atoms with Gasteiger partial charge < -0.3 is 10.1 Å². The van der Waals surface area contributed by atoms with Gasteiger partial charge in [-0.3, -0.25) is 0 Å². The van der Waals surface area contributed by atoms with Crippen molar-refractivity contribution in [3.8, 4) is 17.0 Å². The van der Waals surface area contributed by atoms with Gasteiger partial charge in [0, 0.05) is 16.6 Å². The lowest BCUT2D eigenvalue weighted by atomic mass is 9.84. The summed E-state index contributed by atoms with van der Waals surface area (Å²) >= 11 is 1.63. The lowest BCUT2D eigenvalue weighted by Crippen LogP contribution is -2.04. The fraction of sp³-hybridized carbons (Fsp3) is 0.348. The van der Waals surface area contributed by atoms with Crippen molar-refractivity contribution < 1.29 is 4.74 Å². The minimum Gasteiger partial charge on any atom is -0.494 e. The van der Waals surface area contributed by atoms with Gasteiger partial charge in [0.1, 0.15) is 5.75 Å². The van der Waals surface area contributed by atoms with Gasteiger partial charge >= 0.3 is 0 Å². The van der Waals surface area contributed by atoms with Crippen LogP contribution in [-0.4, -0.2) is 11.6 Å². The molecule has 0 saturated heterocycles. The van der Waals surface area contributed by atoms with Crippen LogP contribution in [0.1, 0.15) is 50.5 Å². The van der Waals surface area contributed by atoms with Crippen molar-refractivity contribution in [3.63, 3.8) is 0 Å². The second-order valence-corrected chi connectivity index (χ2v) is 7.94. The van der Waals surface area contributed by atoms with Crippen molar-refractivity contribution in [2.45, 2.75) is 44.9 Å². The highest BCUT2D eigenvalue weighted by Crippen LogP contribution is 2.34. The van der Waals surface area contributed by atoms with E-state index in [0.29, 0.717) is 6.61 Å². The first-order valence-corrected chi connectivity index (χ1v) is 10.8. The Hall–Kier alpha value is -2.33. The van der Waals surface area contributed by atoms with E-state index in [1.807, 2.05) is 31.2 Å². The molecule has 0 radical (unpaired) electrons. The zero-order valence-electron chi connectivity index (χ0n) is 15.8. The van der Waals surface area contributed by atoms with Gasteiger partial charge in [0.25, 0.3) is 0 Å². The summed E-state index contributed by atoms with van der Waals surface area (Å²) < 4.78 is 5.49. The second kappa shape index (κ2) is 8.57. The number of anilines is 2. The lowest BCUT2D eigenvalue weighted by molar-refractivity contribution is 0.340. The number of aromatic nitrogens is 1. The summed E-state index contributed by atoms with van der Waals surface area (Å²) in [6.45, 7) is 2.67. The number of nitrogens with one attached hydrogen (secondary N) is 1. The molecule has 1 aromatic heterocycles. The van der Waals surface area contributed by atoms with Crippen LogP contribution in [0, 0.1) is 0 Å². The second-order valence-electron chi connectivity index (χ2n) is 7.08. The molecule has 1 aliphatic carbocycles. The Kier molecular flexibility index (Phi) is 5.73. The van der Waals surface area contributed by atoms with Crippen LogP contribution in [0.2, 0.25) is 0 Å². The summed E-state index contributed by atoms with van der Waals surface area (Å²) in [5.41, 5.74) is 4.72. The number of hydrogen-bond acceptors (Lipinski definition) is 4. The molecule has 0 bridgehead atoms. The highest BCUT2D eigenvalue weighted by molar-refractivity contribution is 7.14. The highest BCUT2D eigenvalue weighted by Gasteiger charge is 2.15. The van der Waals surface area contributed by atoms with Crippen molar-refractivity contribution in [1.29, 1.82) is 0 Å². The molecule has 2 aromatic carbocycles. The van der Waals surface area contributed by atoms with Crippen molar-refractivity contribution in [1.82, 2.24) is 4.98 Å². The van der Waals surface area contributed by atoms with Crippen LogP contribution in [0.25, 0.3) is 11.3 Å². The van der Waals surface area contributed by atoms with Crippen LogP contribution in [0.4, 0.5) is 10.8 Å². The normalized spacial score (nSPS) is 14.9. The van der Waals surface area contributed by atoms with Gasteiger partial charge in [-0.05, 0) is 55.5 Å². The van der Waals surface area contributed by atoms with Gasteiger partial charge in [-0.25, -0.2) is 4.98 Å². The highest BCUT2D eigenvalue weighted by atomic mass is 32.1. The predicted octanol–water partition coefficient (Wildman–Crippen LogP) is 7.00. The van der Waals surface area contributed by atoms with E-state index in [1.165, 1.54) is 43.2 Å². The van der Waals surface area contributed by atoms with Gasteiger partial charge in [-0.2, -0.15) is 0 Å². The Balaban J connectivity index is 1.42. The molecule has 1 heterocycles. The molecule has 1 fully saturated rings. The number of hydrogen-bond donors (Lipinski definition) is 1. The average Bonchev–Trinajstić information content (AvgIpc) is 3.19. The fourth-order valence-corrected chi connectivity index (χ4v) is 4.49. The van der Waals surface area contributed by atoms with E-state index in [-0.39, 0.29) is 0 Å². The van der Waals surface area contributed by atoms with Gasteiger partial charge in [0.2, 0.25) is 0 Å². The number of benzene rings is 2. The average molecular weight is 379 g/mol. The van der Waals surface area contributed by atoms with Crippen LogP contribution in [0.3, 0.4) is 0 Å². The monoisotopic (exact) mass is 378 g/mol. The summed E-state index contributed by atoms with van der Waals surface area (Å²) in [5.74, 6) is 1.64. The zero-order valence-corrected chi connectivity index (χ0v) is 16.6. The third-order valence-corrected chi connectivity index (χ3v) is 5.96. The predicted molar refractivity (Wildman–Crippen MR) is 114 cm³/mol. The van der Waals surface area contributed by atoms with Gasteiger partial charge in [-0.1, -0.05) is 43.5 Å². The number of ether oxygens (including phenoxy) is 1. The van der Waals surface area contributed by atoms with E-state index >= 15 is 0 Å². The van der Waals surface area contributed by atoms with Crippen molar-refractivity contribution in [3.05, 3.63) is 59.5 Å². The summed E-state index contributed by atoms with van der Waals surface area (Å²) in [6, 6.07) is 17.0. The quantitative estimate of drug-likeness (QED) is 0.501. The molecular formula is C23H26N2OS. The van der Waals surface area contributed by atoms with Crippen molar-refractivity contribution >= 4 is 22.2 Å². The van der Waals surface area contributed by atoms with Crippen LogP contribution in [-0.2, 0) is 0 Å². The fourth-order valence-electron chi connectivity index (χ4n) is 3.75. The first-order chi connectivity index (χ1) is 13.3. The molecule has 4 heteroatoms. The molecule has 0 atom stereocenters. The molecule has 3 nitrogen and oxygen atoms in total. The molecular weight excluding hydrogens is 352 g/mol. The van der Waals surface area contributed by atoms with Crippen LogP contribution >= 0.6 is 11.3 Å². The van der Waals surface area contributed by atoms with Crippen LogP contribution in [0.15, 0.2) is 53.9 Å². The molecule has 1 aliphatic rings. The van der Waals surface area contributed by atoms with Crippen molar-refractivity contribution in [2.75, 3.05) is 11.9 Å². The molecule has 3 aromatic rings. The maximum absolute atomic E-state index is 5.49. The van der Waals surface area contributed by atoms with E-state index in [0.717, 1.165) is 28.2 Å². The molecule has 1 saturated carbocycles. The van der Waals surface area contributed by atoms with E-state index in [1.54, 1.807) is 11.3 Å². The standard InChI is InChI=1S/C23H26N2OS/c1-2-26-21-14-12-20(13-15-21)24-23-25-22(16-27-23)19-10-8-18(9-11-19)17-6-4-3-5-7-17/h8-17H,2-7H2,1H3,(H,24,25). The Labute approximate surface area is 165 Å².